The topological polar surface area (TPSA) is 70.2 Å². The first-order valence-corrected chi connectivity index (χ1v) is 11.2. The lowest BCUT2D eigenvalue weighted by atomic mass is 9.97. The first-order chi connectivity index (χ1) is 13.2. The van der Waals surface area contributed by atoms with Crippen molar-refractivity contribution in [2.45, 2.75) is 55.9 Å². The minimum Gasteiger partial charge on any atom is -0.353 e. The van der Waals surface area contributed by atoms with Gasteiger partial charge in [-0.05, 0) is 25.0 Å². The molecule has 3 N–H and O–H groups in total. The number of carbonyl (C=O) groups excluding carboxylic acids is 2. The molecule has 1 aliphatic heterocycles. The van der Waals surface area contributed by atoms with Crippen LogP contribution in [0.5, 0.6) is 0 Å². The summed E-state index contributed by atoms with van der Waals surface area (Å²) in [7, 11) is 0. The highest BCUT2D eigenvalue weighted by Gasteiger charge is 2.19. The van der Waals surface area contributed by atoms with Gasteiger partial charge in [-0.25, -0.2) is 0 Å². The number of benzene rings is 1. The highest BCUT2D eigenvalue weighted by atomic mass is 35.5. The average Bonchev–Trinajstić information content (AvgIpc) is 2.61. The number of carbonyl (C=O) groups is 2. The molecule has 0 radical (unpaired) electrons. The maximum atomic E-state index is 12.5. The van der Waals surface area contributed by atoms with Crippen molar-refractivity contribution in [1.29, 1.82) is 0 Å². The van der Waals surface area contributed by atoms with Crippen LogP contribution in [-0.4, -0.2) is 43.2 Å². The second-order valence-electron chi connectivity index (χ2n) is 7.63. The van der Waals surface area contributed by atoms with Gasteiger partial charge < -0.3 is 16.0 Å². The zero-order chi connectivity index (χ0) is 18.9. The Morgan fingerprint density at radius 2 is 1.71 bits per heavy atom. The Bertz CT molecular complexity index is 632. The summed E-state index contributed by atoms with van der Waals surface area (Å²) < 4.78 is 0. The van der Waals surface area contributed by atoms with E-state index in [1.807, 2.05) is 24.3 Å². The quantitative estimate of drug-likeness (QED) is 0.585. The highest BCUT2D eigenvalue weighted by Crippen LogP contribution is 2.23. The summed E-state index contributed by atoms with van der Waals surface area (Å²) >= 11 is 1.45. The van der Waals surface area contributed by atoms with Crippen LogP contribution in [0.4, 0.5) is 0 Å². The lowest BCUT2D eigenvalue weighted by molar-refractivity contribution is -0.119. The van der Waals surface area contributed by atoms with Crippen LogP contribution in [0.2, 0.25) is 0 Å². The lowest BCUT2D eigenvalue weighted by Gasteiger charge is -2.27. The molecule has 2 aliphatic rings. The third-order valence-corrected chi connectivity index (χ3v) is 6.45. The largest absolute Gasteiger partial charge is 0.353 e. The molecule has 0 aromatic heterocycles. The number of rotatable bonds is 7. The van der Waals surface area contributed by atoms with Gasteiger partial charge in [0.1, 0.15) is 0 Å². The van der Waals surface area contributed by atoms with E-state index in [2.05, 4.69) is 16.0 Å². The Morgan fingerprint density at radius 1 is 1.04 bits per heavy atom. The molecule has 5 nitrogen and oxygen atoms in total. The molecule has 7 heteroatoms. The van der Waals surface area contributed by atoms with E-state index >= 15 is 0 Å². The van der Waals surface area contributed by atoms with Gasteiger partial charge in [0.2, 0.25) is 5.91 Å². The number of halogens is 1. The summed E-state index contributed by atoms with van der Waals surface area (Å²) in [5.41, 5.74) is 0.661. The average molecular weight is 426 g/mol. The van der Waals surface area contributed by atoms with Gasteiger partial charge in [0.05, 0.1) is 11.3 Å². The van der Waals surface area contributed by atoms with Crippen LogP contribution >= 0.6 is 24.2 Å². The van der Waals surface area contributed by atoms with E-state index in [0.717, 1.165) is 30.8 Å². The van der Waals surface area contributed by atoms with Gasteiger partial charge in [-0.2, -0.15) is 0 Å². The lowest BCUT2D eigenvalue weighted by Crippen LogP contribution is -2.48. The van der Waals surface area contributed by atoms with E-state index in [4.69, 9.17) is 0 Å². The van der Waals surface area contributed by atoms with Crippen LogP contribution < -0.4 is 16.0 Å². The SMILES string of the molecule is Cl.O=C(CSc1ccccc1C(=O)NCC1CNC1)NC1CCCCCCC1. The number of hydrogen-bond acceptors (Lipinski definition) is 4. The molecule has 0 atom stereocenters. The van der Waals surface area contributed by atoms with Gasteiger partial charge in [-0.3, -0.25) is 9.59 Å². The minimum atomic E-state index is -0.0505. The van der Waals surface area contributed by atoms with Gasteiger partial charge >= 0.3 is 0 Å². The molecule has 0 unspecified atom stereocenters. The van der Waals surface area contributed by atoms with Crippen LogP contribution in [0.3, 0.4) is 0 Å². The van der Waals surface area contributed by atoms with E-state index in [0.29, 0.717) is 29.8 Å². The predicted octanol–water partition coefficient (Wildman–Crippen LogP) is 3.38. The molecule has 28 heavy (non-hydrogen) atoms. The zero-order valence-electron chi connectivity index (χ0n) is 16.4. The smallest absolute Gasteiger partial charge is 0.252 e. The minimum absolute atomic E-state index is 0. The molecule has 1 saturated carbocycles. The van der Waals surface area contributed by atoms with Crippen molar-refractivity contribution in [1.82, 2.24) is 16.0 Å². The molecule has 0 bridgehead atoms. The first-order valence-electron chi connectivity index (χ1n) is 10.2. The van der Waals surface area contributed by atoms with Crippen molar-refractivity contribution < 1.29 is 9.59 Å². The summed E-state index contributed by atoms with van der Waals surface area (Å²) in [5, 5.41) is 9.42. The molecule has 1 heterocycles. The summed E-state index contributed by atoms with van der Waals surface area (Å²) in [6.07, 6.45) is 8.47. The second kappa shape index (κ2) is 12.3. The molecule has 3 rings (SSSR count). The summed E-state index contributed by atoms with van der Waals surface area (Å²) in [4.78, 5) is 25.8. The molecular formula is C21H32ClN3O2S. The van der Waals surface area contributed by atoms with Crippen LogP contribution in [-0.2, 0) is 4.79 Å². The fraction of sp³-hybridized carbons (Fsp3) is 0.619. The molecule has 2 fully saturated rings. The van der Waals surface area contributed by atoms with Gasteiger partial charge in [-0.1, -0.05) is 44.2 Å². The van der Waals surface area contributed by atoms with Gasteiger partial charge in [0.15, 0.2) is 0 Å². The number of nitrogens with one attached hydrogen (secondary N) is 3. The summed E-state index contributed by atoms with van der Waals surface area (Å²) in [5.74, 6) is 0.905. The molecule has 156 valence electrons. The van der Waals surface area contributed by atoms with Crippen molar-refractivity contribution in [3.05, 3.63) is 29.8 Å². The summed E-state index contributed by atoms with van der Waals surface area (Å²) in [6, 6.07) is 7.87. The normalized spacial score (nSPS) is 18.1. The monoisotopic (exact) mass is 425 g/mol. The van der Waals surface area contributed by atoms with Gasteiger partial charge in [-0.15, -0.1) is 24.2 Å². The first kappa shape index (κ1) is 23.0. The molecule has 1 aromatic carbocycles. The highest BCUT2D eigenvalue weighted by molar-refractivity contribution is 8.00. The van der Waals surface area contributed by atoms with Gasteiger partial charge in [0, 0.05) is 36.5 Å². The maximum absolute atomic E-state index is 12.5. The molecular weight excluding hydrogens is 394 g/mol. The van der Waals surface area contributed by atoms with E-state index in [9.17, 15) is 9.59 Å². The van der Waals surface area contributed by atoms with Crippen molar-refractivity contribution in [3.63, 3.8) is 0 Å². The summed E-state index contributed by atoms with van der Waals surface area (Å²) in [6.45, 7) is 2.64. The Balaban J connectivity index is 0.00000280. The van der Waals surface area contributed by atoms with Gasteiger partial charge in [0.25, 0.3) is 5.91 Å². The van der Waals surface area contributed by atoms with E-state index < -0.39 is 0 Å². The van der Waals surface area contributed by atoms with Crippen molar-refractivity contribution in [3.8, 4) is 0 Å². The number of hydrogen-bond donors (Lipinski definition) is 3. The molecule has 0 spiro atoms. The van der Waals surface area contributed by atoms with Crippen molar-refractivity contribution in [2.24, 2.45) is 5.92 Å². The van der Waals surface area contributed by atoms with Crippen LogP contribution in [0, 0.1) is 5.92 Å². The Morgan fingerprint density at radius 3 is 2.39 bits per heavy atom. The zero-order valence-corrected chi connectivity index (χ0v) is 18.0. The second-order valence-corrected chi connectivity index (χ2v) is 8.65. The third kappa shape index (κ3) is 7.30. The third-order valence-electron chi connectivity index (χ3n) is 5.38. The van der Waals surface area contributed by atoms with Crippen molar-refractivity contribution in [2.75, 3.05) is 25.4 Å². The number of thioether (sulfide) groups is 1. The maximum Gasteiger partial charge on any atom is 0.252 e. The van der Waals surface area contributed by atoms with E-state index in [1.165, 1.54) is 43.9 Å². The molecule has 1 aromatic rings. The Kier molecular flexibility index (Phi) is 10.2. The predicted molar refractivity (Wildman–Crippen MR) is 117 cm³/mol. The Labute approximate surface area is 178 Å². The number of amides is 2. The van der Waals surface area contributed by atoms with Crippen LogP contribution in [0.15, 0.2) is 29.2 Å². The Hall–Kier alpha value is -1.24. The molecule has 2 amide bonds. The fourth-order valence-electron chi connectivity index (χ4n) is 3.62. The standard InChI is InChI=1S/C21H31N3O2S.ClH/c25-20(24-17-8-4-2-1-3-5-9-17)15-27-19-11-7-6-10-18(19)21(26)23-14-16-12-22-13-16;/h6-7,10-11,16-17,22H,1-5,8-9,12-15H2,(H,23,26)(H,24,25);1H. The molecule has 1 aliphatic carbocycles. The fourth-order valence-corrected chi connectivity index (χ4v) is 4.48. The van der Waals surface area contributed by atoms with Crippen LogP contribution in [0.25, 0.3) is 0 Å². The van der Waals surface area contributed by atoms with E-state index in [-0.39, 0.29) is 24.2 Å². The van der Waals surface area contributed by atoms with Crippen LogP contribution in [0.1, 0.15) is 55.3 Å². The van der Waals surface area contributed by atoms with E-state index in [1.54, 1.807) is 0 Å². The van der Waals surface area contributed by atoms with Crippen molar-refractivity contribution >= 4 is 36.0 Å². The molecule has 1 saturated heterocycles.